The number of benzene rings is 2. The summed E-state index contributed by atoms with van der Waals surface area (Å²) < 4.78 is 13.8. The summed E-state index contributed by atoms with van der Waals surface area (Å²) in [5.41, 5.74) is 7.94. The van der Waals surface area contributed by atoms with Crippen LogP contribution in [0.15, 0.2) is 54.6 Å². The maximum Gasteiger partial charge on any atom is 0.128 e. The molecule has 0 spiro atoms. The lowest BCUT2D eigenvalue weighted by Gasteiger charge is -2.28. The molecular weight excluding hydrogens is 263 g/mol. The van der Waals surface area contributed by atoms with Crippen LogP contribution in [0.5, 0.6) is 0 Å². The van der Waals surface area contributed by atoms with Crippen LogP contribution in [0.25, 0.3) is 0 Å². The molecule has 0 amide bonds. The summed E-state index contributed by atoms with van der Waals surface area (Å²) in [4.78, 5) is 2.24. The van der Waals surface area contributed by atoms with Crippen molar-refractivity contribution in [1.82, 2.24) is 0 Å². The molecule has 0 aliphatic heterocycles. The molecule has 0 heterocycles. The molecule has 2 rings (SSSR count). The fraction of sp³-hybridized carbons (Fsp3) is 0.333. The quantitative estimate of drug-likeness (QED) is 0.829. The van der Waals surface area contributed by atoms with Gasteiger partial charge in [-0.2, -0.15) is 0 Å². The van der Waals surface area contributed by atoms with Gasteiger partial charge in [-0.3, -0.25) is 0 Å². The van der Waals surface area contributed by atoms with Crippen molar-refractivity contribution in [1.29, 1.82) is 0 Å². The van der Waals surface area contributed by atoms with Gasteiger partial charge in [0.05, 0.1) is 6.04 Å². The second kappa shape index (κ2) is 7.79. The van der Waals surface area contributed by atoms with Crippen molar-refractivity contribution in [3.05, 3.63) is 66.0 Å². The van der Waals surface area contributed by atoms with E-state index in [1.807, 2.05) is 24.3 Å². The van der Waals surface area contributed by atoms with Crippen LogP contribution < -0.4 is 10.6 Å². The first-order valence-electron chi connectivity index (χ1n) is 7.52. The number of hydrogen-bond acceptors (Lipinski definition) is 2. The number of halogens is 1. The lowest BCUT2D eigenvalue weighted by molar-refractivity contribution is 0.570. The average molecular weight is 286 g/mol. The van der Waals surface area contributed by atoms with Crippen LogP contribution in [0, 0.1) is 5.82 Å². The van der Waals surface area contributed by atoms with Crippen molar-refractivity contribution in [2.75, 3.05) is 18.0 Å². The summed E-state index contributed by atoms with van der Waals surface area (Å²) in [5, 5.41) is 0. The number of anilines is 1. The zero-order valence-electron chi connectivity index (χ0n) is 12.5. The smallest absolute Gasteiger partial charge is 0.128 e. The maximum absolute atomic E-state index is 13.8. The van der Waals surface area contributed by atoms with E-state index in [4.69, 9.17) is 5.73 Å². The van der Waals surface area contributed by atoms with Crippen molar-refractivity contribution < 1.29 is 4.39 Å². The topological polar surface area (TPSA) is 29.3 Å². The van der Waals surface area contributed by atoms with Gasteiger partial charge in [0.1, 0.15) is 5.82 Å². The van der Waals surface area contributed by atoms with Gasteiger partial charge in [-0.05, 0) is 24.6 Å². The lowest BCUT2D eigenvalue weighted by atomic mass is 10.1. The Morgan fingerprint density at radius 1 is 1.05 bits per heavy atom. The van der Waals surface area contributed by atoms with Gasteiger partial charge in [0, 0.05) is 24.3 Å². The Morgan fingerprint density at radius 2 is 1.71 bits per heavy atom. The van der Waals surface area contributed by atoms with Crippen LogP contribution in [0.3, 0.4) is 0 Å². The predicted octanol–water partition coefficient (Wildman–Crippen LogP) is 4.13. The fourth-order valence-corrected chi connectivity index (χ4v) is 2.43. The molecule has 0 aliphatic rings. The van der Waals surface area contributed by atoms with Gasteiger partial charge in [0.15, 0.2) is 0 Å². The van der Waals surface area contributed by atoms with Gasteiger partial charge in [0.25, 0.3) is 0 Å². The van der Waals surface area contributed by atoms with Crippen LogP contribution in [0.2, 0.25) is 0 Å². The number of nitrogens with two attached hydrogens (primary N) is 1. The number of para-hydroxylation sites is 1. The van der Waals surface area contributed by atoms with E-state index in [1.54, 1.807) is 12.1 Å². The van der Waals surface area contributed by atoms with Gasteiger partial charge in [-0.25, -0.2) is 4.39 Å². The third-order valence-corrected chi connectivity index (χ3v) is 3.62. The minimum atomic E-state index is -0.330. The van der Waals surface area contributed by atoms with E-state index in [0.717, 1.165) is 25.1 Å². The number of rotatable bonds is 7. The maximum atomic E-state index is 13.8. The van der Waals surface area contributed by atoms with Crippen LogP contribution in [0.4, 0.5) is 10.1 Å². The van der Waals surface area contributed by atoms with Crippen molar-refractivity contribution in [2.24, 2.45) is 5.73 Å². The molecule has 0 fully saturated rings. The molecule has 0 saturated carbocycles. The Hall–Kier alpha value is -1.87. The zero-order valence-corrected chi connectivity index (χ0v) is 12.5. The first kappa shape index (κ1) is 15.5. The van der Waals surface area contributed by atoms with Crippen molar-refractivity contribution in [3.8, 4) is 0 Å². The molecule has 2 aromatic rings. The standard InChI is InChI=1S/C18H23FN2/c1-2-3-13-21(15-9-5-4-6-10-15)14-18(20)16-11-7-8-12-17(16)19/h4-12,18H,2-3,13-14,20H2,1H3. The van der Waals surface area contributed by atoms with Gasteiger partial charge in [-0.1, -0.05) is 49.7 Å². The third kappa shape index (κ3) is 4.30. The van der Waals surface area contributed by atoms with E-state index in [2.05, 4.69) is 24.0 Å². The summed E-state index contributed by atoms with van der Waals surface area (Å²) in [7, 11) is 0. The van der Waals surface area contributed by atoms with E-state index >= 15 is 0 Å². The molecule has 0 aliphatic carbocycles. The average Bonchev–Trinajstić information content (AvgIpc) is 2.52. The fourth-order valence-electron chi connectivity index (χ4n) is 2.43. The Labute approximate surface area is 126 Å². The number of unbranched alkanes of at least 4 members (excludes halogenated alkanes) is 1. The van der Waals surface area contributed by atoms with Gasteiger partial charge < -0.3 is 10.6 Å². The Balaban J connectivity index is 2.13. The van der Waals surface area contributed by atoms with Gasteiger partial charge in [-0.15, -0.1) is 0 Å². The number of hydrogen-bond donors (Lipinski definition) is 1. The molecule has 2 N–H and O–H groups in total. The molecule has 0 aromatic heterocycles. The van der Waals surface area contributed by atoms with Crippen molar-refractivity contribution in [2.45, 2.75) is 25.8 Å². The zero-order chi connectivity index (χ0) is 15.1. The minimum absolute atomic E-state index is 0.228. The summed E-state index contributed by atoms with van der Waals surface area (Å²) in [6.07, 6.45) is 2.22. The molecular formula is C18H23FN2. The number of nitrogens with zero attached hydrogens (tertiary/aromatic N) is 1. The summed E-state index contributed by atoms with van der Waals surface area (Å²) in [6, 6.07) is 16.6. The molecule has 112 valence electrons. The summed E-state index contributed by atoms with van der Waals surface area (Å²) in [5.74, 6) is -0.228. The minimum Gasteiger partial charge on any atom is -0.370 e. The van der Waals surface area contributed by atoms with Crippen LogP contribution in [-0.4, -0.2) is 13.1 Å². The first-order valence-corrected chi connectivity index (χ1v) is 7.52. The van der Waals surface area contributed by atoms with E-state index in [9.17, 15) is 4.39 Å². The monoisotopic (exact) mass is 286 g/mol. The van der Waals surface area contributed by atoms with Crippen molar-refractivity contribution in [3.63, 3.8) is 0 Å². The molecule has 2 aromatic carbocycles. The highest BCUT2D eigenvalue weighted by Crippen LogP contribution is 2.20. The summed E-state index contributed by atoms with van der Waals surface area (Å²) in [6.45, 7) is 3.72. The third-order valence-electron chi connectivity index (χ3n) is 3.62. The predicted molar refractivity (Wildman–Crippen MR) is 86.9 cm³/mol. The summed E-state index contributed by atoms with van der Waals surface area (Å²) >= 11 is 0. The Bertz CT molecular complexity index is 542. The second-order valence-corrected chi connectivity index (χ2v) is 5.26. The molecule has 21 heavy (non-hydrogen) atoms. The van der Waals surface area contributed by atoms with E-state index in [1.165, 1.54) is 6.07 Å². The van der Waals surface area contributed by atoms with E-state index < -0.39 is 0 Å². The highest BCUT2D eigenvalue weighted by atomic mass is 19.1. The molecule has 2 nitrogen and oxygen atoms in total. The normalized spacial score (nSPS) is 12.1. The highest BCUT2D eigenvalue weighted by Gasteiger charge is 2.15. The molecule has 0 saturated heterocycles. The molecule has 1 atom stereocenters. The highest BCUT2D eigenvalue weighted by molar-refractivity contribution is 5.46. The molecule has 0 radical (unpaired) electrons. The van der Waals surface area contributed by atoms with E-state index in [-0.39, 0.29) is 11.9 Å². The van der Waals surface area contributed by atoms with Crippen LogP contribution in [-0.2, 0) is 0 Å². The van der Waals surface area contributed by atoms with Crippen LogP contribution >= 0.6 is 0 Å². The van der Waals surface area contributed by atoms with Crippen molar-refractivity contribution >= 4 is 5.69 Å². The lowest BCUT2D eigenvalue weighted by Crippen LogP contribution is -2.33. The molecule has 0 bridgehead atoms. The molecule has 1 unspecified atom stereocenters. The van der Waals surface area contributed by atoms with Gasteiger partial charge >= 0.3 is 0 Å². The SMILES string of the molecule is CCCCN(CC(N)c1ccccc1F)c1ccccc1. The molecule has 3 heteroatoms. The Kier molecular flexibility index (Phi) is 5.76. The second-order valence-electron chi connectivity index (χ2n) is 5.26. The van der Waals surface area contributed by atoms with Gasteiger partial charge in [0.2, 0.25) is 0 Å². The van der Waals surface area contributed by atoms with Crippen LogP contribution in [0.1, 0.15) is 31.4 Å². The van der Waals surface area contributed by atoms with E-state index in [0.29, 0.717) is 12.1 Å². The first-order chi connectivity index (χ1) is 10.2. The largest absolute Gasteiger partial charge is 0.370 e. The Morgan fingerprint density at radius 3 is 2.38 bits per heavy atom.